The molecule has 0 heterocycles. The average Bonchev–Trinajstić information content (AvgIpc) is 2.43. The number of aryl methyl sites for hydroxylation is 1. The fraction of sp³-hybridized carbons (Fsp3) is 0.188. The van der Waals surface area contributed by atoms with Crippen LogP contribution in [0.3, 0.4) is 0 Å². The SMILES string of the molecule is Cc1ccc(Cl)cc1C(=O)N(C)Cc1ccc(O)cc1. The van der Waals surface area contributed by atoms with Crippen molar-refractivity contribution in [3.8, 4) is 5.75 Å². The van der Waals surface area contributed by atoms with Gasteiger partial charge in [0, 0.05) is 24.2 Å². The molecule has 2 aromatic rings. The van der Waals surface area contributed by atoms with Gasteiger partial charge < -0.3 is 10.0 Å². The lowest BCUT2D eigenvalue weighted by Gasteiger charge is -2.18. The first-order chi connectivity index (χ1) is 9.47. The zero-order chi connectivity index (χ0) is 14.7. The fourth-order valence-electron chi connectivity index (χ4n) is 1.98. The van der Waals surface area contributed by atoms with E-state index >= 15 is 0 Å². The average molecular weight is 290 g/mol. The first-order valence-electron chi connectivity index (χ1n) is 6.27. The minimum atomic E-state index is -0.0712. The number of phenolic OH excluding ortho intramolecular Hbond substituents is 1. The van der Waals surface area contributed by atoms with E-state index in [1.54, 1.807) is 48.3 Å². The molecule has 4 heteroatoms. The monoisotopic (exact) mass is 289 g/mol. The minimum absolute atomic E-state index is 0.0712. The molecular formula is C16H16ClNO2. The lowest BCUT2D eigenvalue weighted by Crippen LogP contribution is -2.26. The van der Waals surface area contributed by atoms with Gasteiger partial charge in [0.25, 0.3) is 5.91 Å². The Hall–Kier alpha value is -2.00. The van der Waals surface area contributed by atoms with E-state index in [-0.39, 0.29) is 11.7 Å². The summed E-state index contributed by atoms with van der Waals surface area (Å²) >= 11 is 5.94. The van der Waals surface area contributed by atoms with E-state index in [9.17, 15) is 9.90 Å². The Kier molecular flexibility index (Phi) is 4.30. The van der Waals surface area contributed by atoms with Crippen molar-refractivity contribution in [1.29, 1.82) is 0 Å². The summed E-state index contributed by atoms with van der Waals surface area (Å²) in [5, 5.41) is 9.80. The first kappa shape index (κ1) is 14.4. The standard InChI is InChI=1S/C16H16ClNO2/c1-11-3-6-13(17)9-15(11)16(20)18(2)10-12-4-7-14(19)8-5-12/h3-9,19H,10H2,1-2H3. The number of halogens is 1. The summed E-state index contributed by atoms with van der Waals surface area (Å²) in [6.45, 7) is 2.36. The van der Waals surface area contributed by atoms with Crippen LogP contribution >= 0.6 is 11.6 Å². The summed E-state index contributed by atoms with van der Waals surface area (Å²) in [5.74, 6) is 0.145. The maximum absolute atomic E-state index is 12.4. The molecule has 3 nitrogen and oxygen atoms in total. The second-order valence-electron chi connectivity index (χ2n) is 4.79. The first-order valence-corrected chi connectivity index (χ1v) is 6.64. The lowest BCUT2D eigenvalue weighted by atomic mass is 10.1. The Morgan fingerprint density at radius 3 is 2.50 bits per heavy atom. The zero-order valence-corrected chi connectivity index (χ0v) is 12.2. The highest BCUT2D eigenvalue weighted by molar-refractivity contribution is 6.31. The topological polar surface area (TPSA) is 40.5 Å². The summed E-state index contributed by atoms with van der Waals surface area (Å²) in [6.07, 6.45) is 0. The van der Waals surface area contributed by atoms with Crippen LogP contribution in [-0.2, 0) is 6.54 Å². The molecule has 1 amide bonds. The van der Waals surface area contributed by atoms with Gasteiger partial charge in [-0.2, -0.15) is 0 Å². The van der Waals surface area contributed by atoms with Gasteiger partial charge >= 0.3 is 0 Å². The van der Waals surface area contributed by atoms with Gasteiger partial charge in [0.2, 0.25) is 0 Å². The van der Waals surface area contributed by atoms with Crippen LogP contribution in [-0.4, -0.2) is 23.0 Å². The number of nitrogens with zero attached hydrogens (tertiary/aromatic N) is 1. The van der Waals surface area contributed by atoms with Crippen LogP contribution in [0, 0.1) is 6.92 Å². The number of rotatable bonds is 3. The van der Waals surface area contributed by atoms with Crippen LogP contribution in [0.25, 0.3) is 0 Å². The second kappa shape index (κ2) is 5.97. The third kappa shape index (κ3) is 3.31. The smallest absolute Gasteiger partial charge is 0.254 e. The molecule has 0 aliphatic carbocycles. The number of carbonyl (C=O) groups is 1. The van der Waals surface area contributed by atoms with Gasteiger partial charge in [0.1, 0.15) is 5.75 Å². The Morgan fingerprint density at radius 2 is 1.85 bits per heavy atom. The number of hydrogen-bond donors (Lipinski definition) is 1. The molecule has 0 radical (unpaired) electrons. The third-order valence-electron chi connectivity index (χ3n) is 3.13. The van der Waals surface area contributed by atoms with Gasteiger partial charge in [-0.15, -0.1) is 0 Å². The summed E-state index contributed by atoms with van der Waals surface area (Å²) in [7, 11) is 1.75. The van der Waals surface area contributed by atoms with Crippen LogP contribution in [0.1, 0.15) is 21.5 Å². The maximum Gasteiger partial charge on any atom is 0.254 e. The number of hydrogen-bond acceptors (Lipinski definition) is 2. The number of aromatic hydroxyl groups is 1. The van der Waals surface area contributed by atoms with Crippen LogP contribution in [0.15, 0.2) is 42.5 Å². The molecule has 0 unspecified atom stereocenters. The molecule has 0 spiro atoms. The van der Waals surface area contributed by atoms with Crippen molar-refractivity contribution in [2.45, 2.75) is 13.5 Å². The van der Waals surface area contributed by atoms with Gasteiger partial charge in [-0.05, 0) is 42.3 Å². The van der Waals surface area contributed by atoms with E-state index in [2.05, 4.69) is 0 Å². The van der Waals surface area contributed by atoms with E-state index in [4.69, 9.17) is 11.6 Å². The van der Waals surface area contributed by atoms with Crippen LogP contribution < -0.4 is 0 Å². The molecular weight excluding hydrogens is 274 g/mol. The molecule has 0 aliphatic rings. The van der Waals surface area contributed by atoms with E-state index in [1.807, 2.05) is 13.0 Å². The van der Waals surface area contributed by atoms with E-state index < -0.39 is 0 Å². The minimum Gasteiger partial charge on any atom is -0.508 e. The predicted molar refractivity (Wildman–Crippen MR) is 80.1 cm³/mol. The maximum atomic E-state index is 12.4. The predicted octanol–water partition coefficient (Wildman–Crippen LogP) is 3.63. The molecule has 0 aromatic heterocycles. The van der Waals surface area contributed by atoms with Crippen LogP contribution in [0.2, 0.25) is 5.02 Å². The van der Waals surface area contributed by atoms with Gasteiger partial charge in [-0.25, -0.2) is 0 Å². The molecule has 2 aromatic carbocycles. The van der Waals surface area contributed by atoms with Gasteiger partial charge in [-0.1, -0.05) is 29.8 Å². The molecule has 0 bridgehead atoms. The van der Waals surface area contributed by atoms with E-state index in [0.717, 1.165) is 11.1 Å². The molecule has 0 saturated heterocycles. The van der Waals surface area contributed by atoms with Crippen LogP contribution in [0.5, 0.6) is 5.75 Å². The van der Waals surface area contributed by atoms with Crippen molar-refractivity contribution in [2.75, 3.05) is 7.05 Å². The molecule has 104 valence electrons. The highest BCUT2D eigenvalue weighted by Crippen LogP contribution is 2.18. The van der Waals surface area contributed by atoms with Gasteiger partial charge in [-0.3, -0.25) is 4.79 Å². The molecule has 0 atom stereocenters. The van der Waals surface area contributed by atoms with Gasteiger partial charge in [0.15, 0.2) is 0 Å². The molecule has 0 aliphatic heterocycles. The highest BCUT2D eigenvalue weighted by atomic mass is 35.5. The van der Waals surface area contributed by atoms with Crippen molar-refractivity contribution in [1.82, 2.24) is 4.90 Å². The quantitative estimate of drug-likeness (QED) is 0.937. The molecule has 0 saturated carbocycles. The van der Waals surface area contributed by atoms with Crippen molar-refractivity contribution in [3.63, 3.8) is 0 Å². The molecule has 0 fully saturated rings. The van der Waals surface area contributed by atoms with Crippen LogP contribution in [0.4, 0.5) is 0 Å². The number of carbonyl (C=O) groups excluding carboxylic acids is 1. The summed E-state index contributed by atoms with van der Waals surface area (Å²) in [6, 6.07) is 12.1. The van der Waals surface area contributed by atoms with E-state index in [1.165, 1.54) is 0 Å². The van der Waals surface area contributed by atoms with E-state index in [0.29, 0.717) is 17.1 Å². The van der Waals surface area contributed by atoms with Gasteiger partial charge in [0.05, 0.1) is 0 Å². The van der Waals surface area contributed by atoms with Crippen molar-refractivity contribution in [2.24, 2.45) is 0 Å². The number of benzene rings is 2. The summed E-state index contributed by atoms with van der Waals surface area (Å²) in [5.41, 5.74) is 2.47. The zero-order valence-electron chi connectivity index (χ0n) is 11.4. The van der Waals surface area contributed by atoms with Crippen molar-refractivity contribution in [3.05, 3.63) is 64.2 Å². The van der Waals surface area contributed by atoms with Crippen molar-refractivity contribution >= 4 is 17.5 Å². The summed E-state index contributed by atoms with van der Waals surface area (Å²) < 4.78 is 0. The normalized spacial score (nSPS) is 10.3. The summed E-state index contributed by atoms with van der Waals surface area (Å²) in [4.78, 5) is 14.0. The molecule has 1 N–H and O–H groups in total. The second-order valence-corrected chi connectivity index (χ2v) is 5.22. The largest absolute Gasteiger partial charge is 0.508 e. The Morgan fingerprint density at radius 1 is 1.20 bits per heavy atom. The Labute approximate surface area is 123 Å². The molecule has 2 rings (SSSR count). The fourth-order valence-corrected chi connectivity index (χ4v) is 2.15. The molecule has 20 heavy (non-hydrogen) atoms. The Bertz CT molecular complexity index is 623. The lowest BCUT2D eigenvalue weighted by molar-refractivity contribution is 0.0784. The Balaban J connectivity index is 2.16. The number of amides is 1. The highest BCUT2D eigenvalue weighted by Gasteiger charge is 2.14. The number of phenols is 1. The third-order valence-corrected chi connectivity index (χ3v) is 3.37. The van der Waals surface area contributed by atoms with Crippen molar-refractivity contribution < 1.29 is 9.90 Å².